The minimum atomic E-state index is -0.388. The Hall–Kier alpha value is -3.08. The van der Waals surface area contributed by atoms with Crippen LogP contribution in [0.25, 0.3) is 11.0 Å². The molecule has 158 valence electrons. The van der Waals surface area contributed by atoms with Crippen molar-refractivity contribution in [2.24, 2.45) is 0 Å². The van der Waals surface area contributed by atoms with Gasteiger partial charge < -0.3 is 14.5 Å². The van der Waals surface area contributed by atoms with E-state index in [2.05, 4.69) is 33.0 Å². The van der Waals surface area contributed by atoms with Crippen LogP contribution in [0.1, 0.15) is 63.1 Å². The van der Waals surface area contributed by atoms with Crippen LogP contribution >= 0.6 is 0 Å². The van der Waals surface area contributed by atoms with Crippen LogP contribution in [0, 0.1) is 0 Å². The van der Waals surface area contributed by atoms with Crippen LogP contribution in [0.2, 0.25) is 0 Å². The second kappa shape index (κ2) is 9.16. The quantitative estimate of drug-likeness (QED) is 0.516. The molecule has 0 aliphatic rings. The molecule has 5 heteroatoms. The van der Waals surface area contributed by atoms with Crippen LogP contribution in [-0.4, -0.2) is 12.5 Å². The van der Waals surface area contributed by atoms with Crippen molar-refractivity contribution in [3.8, 4) is 5.75 Å². The summed E-state index contributed by atoms with van der Waals surface area (Å²) >= 11 is 0. The lowest BCUT2D eigenvalue weighted by Gasteiger charge is -2.20. The molecule has 1 heterocycles. The van der Waals surface area contributed by atoms with Gasteiger partial charge in [-0.2, -0.15) is 0 Å². The molecule has 3 aromatic rings. The number of anilines is 1. The third kappa shape index (κ3) is 4.73. The van der Waals surface area contributed by atoms with E-state index in [0.717, 1.165) is 34.2 Å². The fraction of sp³-hybridized carbons (Fsp3) is 0.360. The van der Waals surface area contributed by atoms with Gasteiger partial charge in [0.2, 0.25) is 0 Å². The van der Waals surface area contributed by atoms with Gasteiger partial charge in [0.05, 0.1) is 0 Å². The molecule has 0 bridgehead atoms. The summed E-state index contributed by atoms with van der Waals surface area (Å²) in [4.78, 5) is 24.4. The highest BCUT2D eigenvalue weighted by Crippen LogP contribution is 2.32. The monoisotopic (exact) mass is 407 g/mol. The van der Waals surface area contributed by atoms with Crippen LogP contribution in [0.4, 0.5) is 5.69 Å². The third-order valence-electron chi connectivity index (χ3n) is 5.19. The zero-order valence-electron chi connectivity index (χ0n) is 18.2. The van der Waals surface area contributed by atoms with E-state index in [9.17, 15) is 9.59 Å². The number of ether oxygens (including phenoxy) is 1. The normalized spacial score (nSPS) is 11.3. The number of carbonyl (C=O) groups excluding carboxylic acids is 1. The average molecular weight is 408 g/mol. The van der Waals surface area contributed by atoms with Gasteiger partial charge in [-0.3, -0.25) is 4.79 Å². The van der Waals surface area contributed by atoms with Gasteiger partial charge >= 0.3 is 5.63 Å². The summed E-state index contributed by atoms with van der Waals surface area (Å²) in [7, 11) is 0. The first kappa shape index (κ1) is 21.6. The van der Waals surface area contributed by atoms with Crippen molar-refractivity contribution in [2.75, 3.05) is 11.9 Å². The van der Waals surface area contributed by atoms with Gasteiger partial charge in [-0.25, -0.2) is 4.79 Å². The molecule has 5 nitrogen and oxygen atoms in total. The van der Waals surface area contributed by atoms with Crippen LogP contribution in [0.15, 0.2) is 51.7 Å². The molecular weight excluding hydrogens is 378 g/mol. The lowest BCUT2D eigenvalue weighted by molar-refractivity contribution is -0.118. The Morgan fingerprint density at radius 1 is 1.03 bits per heavy atom. The number of benzene rings is 2. The summed E-state index contributed by atoms with van der Waals surface area (Å²) in [6.07, 6.45) is 0.734. The van der Waals surface area contributed by atoms with Crippen molar-refractivity contribution in [2.45, 2.75) is 52.9 Å². The Balaban J connectivity index is 1.78. The lowest BCUT2D eigenvalue weighted by Crippen LogP contribution is -2.22. The number of hydrogen-bond donors (Lipinski definition) is 1. The molecule has 0 spiro atoms. The lowest BCUT2D eigenvalue weighted by atomic mass is 9.92. The molecule has 1 aromatic heterocycles. The van der Waals surface area contributed by atoms with E-state index >= 15 is 0 Å². The summed E-state index contributed by atoms with van der Waals surface area (Å²) in [6.45, 7) is 10.3. The summed E-state index contributed by atoms with van der Waals surface area (Å²) in [5.74, 6) is 0.830. The third-order valence-corrected chi connectivity index (χ3v) is 5.19. The Morgan fingerprint density at radius 2 is 1.70 bits per heavy atom. The molecule has 30 heavy (non-hydrogen) atoms. The molecule has 1 amide bonds. The van der Waals surface area contributed by atoms with E-state index in [0.29, 0.717) is 11.3 Å². The fourth-order valence-corrected chi connectivity index (χ4v) is 3.61. The maximum atomic E-state index is 12.6. The predicted molar refractivity (Wildman–Crippen MR) is 121 cm³/mol. The molecule has 0 fully saturated rings. The minimum Gasteiger partial charge on any atom is -0.484 e. The van der Waals surface area contributed by atoms with Crippen LogP contribution in [-0.2, 0) is 11.2 Å². The van der Waals surface area contributed by atoms with E-state index < -0.39 is 0 Å². The zero-order chi connectivity index (χ0) is 21.8. The maximum absolute atomic E-state index is 12.6. The largest absolute Gasteiger partial charge is 0.484 e. The number of aryl methyl sites for hydroxylation is 1. The average Bonchev–Trinajstić information content (AvgIpc) is 2.71. The second-order valence-electron chi connectivity index (χ2n) is 8.06. The first-order chi connectivity index (χ1) is 14.3. The molecule has 0 aliphatic heterocycles. The van der Waals surface area contributed by atoms with Crippen molar-refractivity contribution in [3.05, 3.63) is 69.6 Å². The van der Waals surface area contributed by atoms with Crippen LogP contribution in [0.5, 0.6) is 5.75 Å². The summed E-state index contributed by atoms with van der Waals surface area (Å²) in [5, 5.41) is 3.92. The van der Waals surface area contributed by atoms with Gasteiger partial charge in [-0.15, -0.1) is 0 Å². The van der Waals surface area contributed by atoms with Crippen LogP contribution < -0.4 is 15.7 Å². The molecule has 1 N–H and O–H groups in total. The number of fused-ring (bicyclic) bond motifs is 1. The minimum absolute atomic E-state index is 0.132. The zero-order valence-corrected chi connectivity index (χ0v) is 18.2. The van der Waals surface area contributed by atoms with Crippen molar-refractivity contribution in [1.82, 2.24) is 0 Å². The number of nitrogens with one attached hydrogen (secondary N) is 1. The number of para-hydroxylation sites is 1. The van der Waals surface area contributed by atoms with E-state index in [1.54, 1.807) is 12.1 Å². The summed E-state index contributed by atoms with van der Waals surface area (Å²) in [6, 6.07) is 12.9. The van der Waals surface area contributed by atoms with Crippen molar-refractivity contribution < 1.29 is 13.9 Å². The molecule has 2 aromatic carbocycles. The Morgan fingerprint density at radius 3 is 2.30 bits per heavy atom. The van der Waals surface area contributed by atoms with Crippen molar-refractivity contribution >= 4 is 22.6 Å². The van der Waals surface area contributed by atoms with E-state index in [1.165, 1.54) is 6.07 Å². The smallest absolute Gasteiger partial charge is 0.336 e. The van der Waals surface area contributed by atoms with Gasteiger partial charge in [-0.05, 0) is 47.1 Å². The van der Waals surface area contributed by atoms with Crippen molar-refractivity contribution in [3.63, 3.8) is 0 Å². The second-order valence-corrected chi connectivity index (χ2v) is 8.06. The highest BCUT2D eigenvalue weighted by Gasteiger charge is 2.16. The van der Waals surface area contributed by atoms with Gasteiger partial charge in [0.15, 0.2) is 6.61 Å². The molecule has 0 unspecified atom stereocenters. The number of amides is 1. The highest BCUT2D eigenvalue weighted by molar-refractivity contribution is 5.94. The predicted octanol–water partition coefficient (Wildman–Crippen LogP) is 5.62. The van der Waals surface area contributed by atoms with E-state index in [-0.39, 0.29) is 30.0 Å². The SMILES string of the molecule is CCc1cc(=O)oc2cc(OCC(=O)Nc3c(C(C)C)cccc3C(C)C)ccc12. The fourth-order valence-electron chi connectivity index (χ4n) is 3.61. The van der Waals surface area contributed by atoms with Crippen molar-refractivity contribution in [1.29, 1.82) is 0 Å². The van der Waals surface area contributed by atoms with E-state index in [4.69, 9.17) is 9.15 Å². The standard InChI is InChI=1S/C25H29NO4/c1-6-17-12-24(28)30-22-13-18(10-11-21(17)22)29-14-23(27)26-25-19(15(2)3)8-7-9-20(25)16(4)5/h7-13,15-16H,6,14H2,1-5H3,(H,26,27). The first-order valence-corrected chi connectivity index (χ1v) is 10.4. The van der Waals surface area contributed by atoms with Gasteiger partial charge in [0.1, 0.15) is 11.3 Å². The highest BCUT2D eigenvalue weighted by atomic mass is 16.5. The number of carbonyl (C=O) groups is 1. The van der Waals surface area contributed by atoms with Gasteiger partial charge in [-0.1, -0.05) is 52.8 Å². The Kier molecular flexibility index (Phi) is 6.60. The Labute approximate surface area is 177 Å². The molecule has 0 atom stereocenters. The maximum Gasteiger partial charge on any atom is 0.336 e. The Bertz CT molecular complexity index is 1090. The molecule has 0 aliphatic carbocycles. The summed E-state index contributed by atoms with van der Waals surface area (Å²) in [5.41, 5.74) is 4.08. The molecule has 3 rings (SSSR count). The first-order valence-electron chi connectivity index (χ1n) is 10.4. The van der Waals surface area contributed by atoms with Crippen LogP contribution in [0.3, 0.4) is 0 Å². The van der Waals surface area contributed by atoms with Gasteiger partial charge in [0.25, 0.3) is 5.91 Å². The number of rotatable bonds is 7. The van der Waals surface area contributed by atoms with E-state index in [1.807, 2.05) is 31.2 Å². The summed E-state index contributed by atoms with van der Waals surface area (Å²) < 4.78 is 11.0. The molecule has 0 saturated carbocycles. The number of hydrogen-bond acceptors (Lipinski definition) is 4. The molecule has 0 saturated heterocycles. The van der Waals surface area contributed by atoms with Gasteiger partial charge in [0, 0.05) is 23.2 Å². The topological polar surface area (TPSA) is 68.5 Å². The molecule has 0 radical (unpaired) electrons. The molecular formula is C25H29NO4.